The van der Waals surface area contributed by atoms with E-state index >= 15 is 4.39 Å². The van der Waals surface area contributed by atoms with Crippen molar-refractivity contribution < 1.29 is 27.4 Å². The molecule has 6 heteroatoms. The molecule has 1 saturated heterocycles. The molecule has 1 heterocycles. The minimum atomic E-state index is -2.93. The van der Waals surface area contributed by atoms with E-state index in [-0.39, 0.29) is 29.9 Å². The third-order valence-electron chi connectivity index (χ3n) is 5.65. The number of halogens is 3. The number of rotatable bonds is 11. The lowest BCUT2D eigenvalue weighted by Gasteiger charge is -2.28. The average Bonchev–Trinajstić information content (AvgIpc) is 2.82. The molecule has 3 nitrogen and oxygen atoms in total. The molecule has 0 saturated carbocycles. The molecule has 2 atom stereocenters. The van der Waals surface area contributed by atoms with Gasteiger partial charge >= 0.3 is 0 Å². The van der Waals surface area contributed by atoms with Crippen LogP contribution in [0.4, 0.5) is 13.2 Å². The van der Waals surface area contributed by atoms with Gasteiger partial charge in [-0.3, -0.25) is 0 Å². The minimum Gasteiger partial charge on any atom is -0.493 e. The molecule has 33 heavy (non-hydrogen) atoms. The van der Waals surface area contributed by atoms with Crippen molar-refractivity contribution in [1.82, 2.24) is 0 Å². The maximum absolute atomic E-state index is 15.0. The molecule has 0 aromatic heterocycles. The Hall–Kier alpha value is -2.73. The molecule has 178 valence electrons. The molecule has 1 fully saturated rings. The third kappa shape index (κ3) is 6.87. The highest BCUT2D eigenvalue weighted by molar-refractivity contribution is 5.51. The van der Waals surface area contributed by atoms with Crippen LogP contribution in [0.5, 0.6) is 11.5 Å². The third-order valence-corrected chi connectivity index (χ3v) is 5.65. The lowest BCUT2D eigenvalue weighted by molar-refractivity contribution is 0.0321. The summed E-state index contributed by atoms with van der Waals surface area (Å²) >= 11 is 0. The Balaban J connectivity index is 1.60. The number of benzene rings is 2. The zero-order chi connectivity index (χ0) is 23.6. The number of ether oxygens (including phenoxy) is 3. The Morgan fingerprint density at radius 2 is 1.91 bits per heavy atom. The predicted octanol–water partition coefficient (Wildman–Crippen LogP) is 7.48. The molecule has 3 rings (SSSR count). The van der Waals surface area contributed by atoms with Gasteiger partial charge in [0, 0.05) is 5.92 Å². The Morgan fingerprint density at radius 1 is 1.12 bits per heavy atom. The Morgan fingerprint density at radius 3 is 2.55 bits per heavy atom. The second-order valence-corrected chi connectivity index (χ2v) is 8.06. The van der Waals surface area contributed by atoms with E-state index in [4.69, 9.17) is 14.2 Å². The maximum atomic E-state index is 15.0. The van der Waals surface area contributed by atoms with Gasteiger partial charge in [0.2, 0.25) is 0 Å². The largest absolute Gasteiger partial charge is 0.493 e. The van der Waals surface area contributed by atoms with Gasteiger partial charge in [-0.1, -0.05) is 56.4 Å². The lowest BCUT2D eigenvalue weighted by atomic mass is 9.89. The molecule has 0 bridgehead atoms. The normalized spacial score (nSPS) is 18.6. The van der Waals surface area contributed by atoms with Crippen LogP contribution in [0.25, 0.3) is 6.08 Å². The van der Waals surface area contributed by atoms with Crippen LogP contribution in [0.2, 0.25) is 0 Å². The molecular formula is C27H31F3O3. The van der Waals surface area contributed by atoms with Crippen molar-refractivity contribution in [3.63, 3.8) is 0 Å². The number of hydrogen-bond donors (Lipinski definition) is 0. The van der Waals surface area contributed by atoms with Crippen molar-refractivity contribution >= 4 is 6.08 Å². The summed E-state index contributed by atoms with van der Waals surface area (Å²) in [7, 11) is 0. The maximum Gasteiger partial charge on any atom is 0.270 e. The van der Waals surface area contributed by atoms with Crippen molar-refractivity contribution in [2.75, 3.05) is 19.8 Å². The van der Waals surface area contributed by atoms with Crippen LogP contribution >= 0.6 is 0 Å². The van der Waals surface area contributed by atoms with Crippen molar-refractivity contribution in [2.24, 2.45) is 0 Å². The van der Waals surface area contributed by atoms with Crippen LogP contribution in [0.15, 0.2) is 55.1 Å². The van der Waals surface area contributed by atoms with Crippen molar-refractivity contribution in [1.29, 1.82) is 0 Å². The van der Waals surface area contributed by atoms with E-state index in [1.807, 2.05) is 43.3 Å². The van der Waals surface area contributed by atoms with Gasteiger partial charge in [-0.25, -0.2) is 13.2 Å². The second-order valence-electron chi connectivity index (χ2n) is 8.06. The fourth-order valence-corrected chi connectivity index (χ4v) is 3.78. The van der Waals surface area contributed by atoms with E-state index in [0.717, 1.165) is 24.2 Å². The van der Waals surface area contributed by atoms with Gasteiger partial charge in [-0.2, -0.15) is 0 Å². The first-order chi connectivity index (χ1) is 16.0. The highest BCUT2D eigenvalue weighted by Gasteiger charge is 2.29. The van der Waals surface area contributed by atoms with E-state index in [0.29, 0.717) is 26.1 Å². The summed E-state index contributed by atoms with van der Waals surface area (Å²) in [5.41, 5.74) is 0.634. The van der Waals surface area contributed by atoms with Gasteiger partial charge in [0.25, 0.3) is 6.43 Å². The molecule has 0 radical (unpaired) electrons. The second kappa shape index (κ2) is 12.5. The fraction of sp³-hybridized carbons (Fsp3) is 0.407. The smallest absolute Gasteiger partial charge is 0.270 e. The summed E-state index contributed by atoms with van der Waals surface area (Å²) in [6.07, 6.45) is 5.53. The Bertz CT molecular complexity index is 917. The summed E-state index contributed by atoms with van der Waals surface area (Å²) in [4.78, 5) is 0. The summed E-state index contributed by atoms with van der Waals surface area (Å²) in [6, 6.07) is 10.7. The van der Waals surface area contributed by atoms with Crippen LogP contribution in [0.3, 0.4) is 0 Å². The first-order valence-electron chi connectivity index (χ1n) is 11.4. The number of hydrogen-bond acceptors (Lipinski definition) is 3. The summed E-state index contributed by atoms with van der Waals surface area (Å²) in [5, 5.41) is 0. The van der Waals surface area contributed by atoms with Crippen LogP contribution in [0.1, 0.15) is 61.6 Å². The van der Waals surface area contributed by atoms with E-state index in [1.54, 1.807) is 12.1 Å². The molecule has 0 N–H and O–H groups in total. The zero-order valence-electron chi connectivity index (χ0n) is 18.9. The Labute approximate surface area is 193 Å². The monoisotopic (exact) mass is 460 g/mol. The summed E-state index contributed by atoms with van der Waals surface area (Å²) in [5.74, 6) is -0.438. The van der Waals surface area contributed by atoms with Crippen LogP contribution < -0.4 is 9.47 Å². The number of unbranched alkanes of at least 4 members (excludes halogenated alkanes) is 1. The highest BCUT2D eigenvalue weighted by atomic mass is 19.3. The van der Waals surface area contributed by atoms with Gasteiger partial charge in [0.05, 0.1) is 24.9 Å². The standard InChI is InChI=1S/C27H31F3O3/c1-3-5-17-32-24-15-14-23(26(28)25(24)27(29)30)20-9-13-22(33-18-20)12-8-19-6-10-21(11-7-19)31-16-4-2/h4,6-8,10-12,14-15,20,22,27H,2-3,5,9,13,16-18H2,1H3. The first kappa shape index (κ1) is 24.9. The molecular weight excluding hydrogens is 429 g/mol. The quantitative estimate of drug-likeness (QED) is 0.257. The topological polar surface area (TPSA) is 27.7 Å². The van der Waals surface area contributed by atoms with E-state index in [1.165, 1.54) is 6.07 Å². The van der Waals surface area contributed by atoms with Gasteiger partial charge in [-0.15, -0.1) is 0 Å². The van der Waals surface area contributed by atoms with Crippen LogP contribution in [-0.2, 0) is 4.74 Å². The first-order valence-corrected chi connectivity index (χ1v) is 11.4. The summed E-state index contributed by atoms with van der Waals surface area (Å²) < 4.78 is 59.0. The fourth-order valence-electron chi connectivity index (χ4n) is 3.78. The highest BCUT2D eigenvalue weighted by Crippen LogP contribution is 2.38. The molecule has 0 amide bonds. The van der Waals surface area contributed by atoms with Crippen molar-refractivity contribution in [3.8, 4) is 11.5 Å². The predicted molar refractivity (Wildman–Crippen MR) is 125 cm³/mol. The summed E-state index contributed by atoms with van der Waals surface area (Å²) in [6.45, 7) is 6.63. The average molecular weight is 461 g/mol. The molecule has 0 spiro atoms. The Kier molecular flexibility index (Phi) is 9.43. The van der Waals surface area contributed by atoms with Crippen molar-refractivity contribution in [2.45, 2.75) is 51.1 Å². The SMILES string of the molecule is C=CCOc1ccc(C=CC2CCC(c3ccc(OCCCC)c(C(F)F)c3F)CO2)cc1. The van der Waals surface area contributed by atoms with E-state index in [9.17, 15) is 8.78 Å². The van der Waals surface area contributed by atoms with Gasteiger partial charge in [0.1, 0.15) is 23.9 Å². The lowest BCUT2D eigenvalue weighted by Crippen LogP contribution is -2.24. The molecule has 1 aliphatic heterocycles. The van der Waals surface area contributed by atoms with Gasteiger partial charge < -0.3 is 14.2 Å². The van der Waals surface area contributed by atoms with Crippen LogP contribution in [0, 0.1) is 5.82 Å². The molecule has 0 aliphatic carbocycles. The van der Waals surface area contributed by atoms with Crippen molar-refractivity contribution in [3.05, 3.63) is 77.6 Å². The number of alkyl halides is 2. The molecule has 1 aliphatic rings. The molecule has 2 unspecified atom stereocenters. The van der Waals surface area contributed by atoms with Crippen LogP contribution in [-0.4, -0.2) is 25.9 Å². The zero-order valence-corrected chi connectivity index (χ0v) is 18.9. The molecule has 2 aromatic carbocycles. The van der Waals surface area contributed by atoms with E-state index in [2.05, 4.69) is 6.58 Å². The van der Waals surface area contributed by atoms with Gasteiger partial charge in [0.15, 0.2) is 0 Å². The molecule has 2 aromatic rings. The van der Waals surface area contributed by atoms with Gasteiger partial charge in [-0.05, 0) is 48.6 Å². The minimum absolute atomic E-state index is 0.0712. The van der Waals surface area contributed by atoms with E-state index < -0.39 is 17.8 Å².